The molecule has 4 N–H and O–H groups in total. The van der Waals surface area contributed by atoms with E-state index in [0.717, 1.165) is 0 Å². The molecule has 7 nitrogen and oxygen atoms in total. The van der Waals surface area contributed by atoms with Gasteiger partial charge in [-0.3, -0.25) is 4.79 Å². The molecule has 5 atom stereocenters. The zero-order valence-corrected chi connectivity index (χ0v) is 16.3. The van der Waals surface area contributed by atoms with Gasteiger partial charge in [0.15, 0.2) is 14.6 Å². The molecule has 1 fully saturated rings. The van der Waals surface area contributed by atoms with Gasteiger partial charge in [-0.1, -0.05) is 27.7 Å². The highest BCUT2D eigenvalue weighted by Crippen LogP contribution is 2.39. The Kier molecular flexibility index (Phi) is 6.80. The first-order valence-corrected chi connectivity index (χ1v) is 11.2. The van der Waals surface area contributed by atoms with Gasteiger partial charge in [-0.25, -0.2) is 0 Å². The average molecular weight is 365 g/mol. The summed E-state index contributed by atoms with van der Waals surface area (Å²) in [6.07, 6.45) is -3.88. The van der Waals surface area contributed by atoms with Crippen molar-refractivity contribution in [2.75, 3.05) is 6.61 Å². The normalized spacial score (nSPS) is 32.3. The Labute approximate surface area is 146 Å². The third kappa shape index (κ3) is 5.00. The van der Waals surface area contributed by atoms with Crippen molar-refractivity contribution < 1.29 is 30.6 Å². The molecule has 0 aliphatic carbocycles. The number of carbonyl (C=O) groups excluding carboxylic acids is 1. The predicted octanol–water partition coefficient (Wildman–Crippen LogP) is 0.732. The van der Waals surface area contributed by atoms with E-state index in [1.54, 1.807) is 0 Å². The maximum atomic E-state index is 12.0. The van der Waals surface area contributed by atoms with Crippen molar-refractivity contribution in [3.63, 3.8) is 0 Å². The molecule has 0 spiro atoms. The van der Waals surface area contributed by atoms with Crippen molar-refractivity contribution in [2.24, 2.45) is 0 Å². The number of ether oxygens (including phenoxy) is 1. The third-order valence-electron chi connectivity index (χ3n) is 4.84. The van der Waals surface area contributed by atoms with E-state index in [1.807, 2.05) is 33.9 Å². The standard InChI is InChI=1S/C16H33NO6Si/c1-7-8-11(19)17-12-14(23-24(5,6)16(2,3)4)13(20)10(9-18)22-15(12)21/h10,12-15,18,20-21H,7-9H2,1-6H3,(H,17,19)/t10-,12-,13-,14-,15?/m1/s1/i1D. The van der Waals surface area contributed by atoms with Crippen LogP contribution in [-0.4, -0.2) is 66.8 Å². The van der Waals surface area contributed by atoms with E-state index < -0.39 is 45.6 Å². The largest absolute Gasteiger partial charge is 0.409 e. The fourth-order valence-electron chi connectivity index (χ4n) is 2.31. The number of carbonyl (C=O) groups is 1. The summed E-state index contributed by atoms with van der Waals surface area (Å²) in [4.78, 5) is 12.0. The van der Waals surface area contributed by atoms with Gasteiger partial charge in [-0.2, -0.15) is 0 Å². The van der Waals surface area contributed by atoms with Crippen LogP contribution in [0.1, 0.15) is 41.9 Å². The Balaban J connectivity index is 3.02. The van der Waals surface area contributed by atoms with Crippen LogP contribution in [0.15, 0.2) is 0 Å². The SMILES string of the molecule is [2H]CCCC(=O)N[C@H]1C(O)O[C@H](CO)[C@@H](O)[C@@H]1O[Si](C)(C)C(C)(C)C. The Morgan fingerprint density at radius 1 is 1.38 bits per heavy atom. The van der Waals surface area contributed by atoms with Crippen LogP contribution < -0.4 is 5.32 Å². The van der Waals surface area contributed by atoms with E-state index in [4.69, 9.17) is 10.5 Å². The van der Waals surface area contributed by atoms with Crippen LogP contribution in [0.25, 0.3) is 0 Å². The quantitative estimate of drug-likeness (QED) is 0.518. The minimum Gasteiger partial charge on any atom is -0.409 e. The number of hydrogen-bond acceptors (Lipinski definition) is 6. The first-order valence-electron chi connectivity index (χ1n) is 9.04. The Hall–Kier alpha value is -0.513. The van der Waals surface area contributed by atoms with E-state index in [1.165, 1.54) is 0 Å². The van der Waals surface area contributed by atoms with Crippen molar-refractivity contribution in [3.8, 4) is 0 Å². The molecule has 1 rings (SSSR count). The van der Waals surface area contributed by atoms with Gasteiger partial charge >= 0.3 is 0 Å². The average Bonchev–Trinajstić information content (AvgIpc) is 2.50. The first kappa shape index (κ1) is 19.8. The maximum absolute atomic E-state index is 12.0. The predicted molar refractivity (Wildman–Crippen MR) is 92.9 cm³/mol. The molecule has 0 radical (unpaired) electrons. The smallest absolute Gasteiger partial charge is 0.220 e. The fourth-order valence-corrected chi connectivity index (χ4v) is 3.63. The van der Waals surface area contributed by atoms with Gasteiger partial charge in [0.2, 0.25) is 5.91 Å². The van der Waals surface area contributed by atoms with Crippen LogP contribution in [0.3, 0.4) is 0 Å². The molecule has 142 valence electrons. The van der Waals surface area contributed by atoms with Crippen molar-refractivity contribution >= 4 is 14.2 Å². The zero-order valence-electron chi connectivity index (χ0n) is 16.3. The maximum Gasteiger partial charge on any atom is 0.220 e. The Bertz CT molecular complexity index is 445. The summed E-state index contributed by atoms with van der Waals surface area (Å²) in [5.74, 6) is -0.335. The van der Waals surface area contributed by atoms with Crippen LogP contribution in [0.4, 0.5) is 0 Å². The lowest BCUT2D eigenvalue weighted by Gasteiger charge is -2.48. The van der Waals surface area contributed by atoms with E-state index in [2.05, 4.69) is 5.32 Å². The van der Waals surface area contributed by atoms with Gasteiger partial charge in [-0.05, 0) is 24.6 Å². The minimum atomic E-state index is -2.31. The van der Waals surface area contributed by atoms with E-state index in [-0.39, 0.29) is 24.3 Å². The molecule has 0 aromatic heterocycles. The molecular formula is C16H33NO6Si. The van der Waals surface area contributed by atoms with Crippen LogP contribution in [0, 0.1) is 0 Å². The summed E-state index contributed by atoms with van der Waals surface area (Å²) in [6, 6.07) is -0.940. The Morgan fingerprint density at radius 2 is 2.00 bits per heavy atom. The summed E-state index contributed by atoms with van der Waals surface area (Å²) >= 11 is 0. The summed E-state index contributed by atoms with van der Waals surface area (Å²) in [5.41, 5.74) is 0. The van der Waals surface area contributed by atoms with Crippen LogP contribution in [-0.2, 0) is 14.0 Å². The number of aliphatic hydroxyl groups is 3. The summed E-state index contributed by atoms with van der Waals surface area (Å²) < 4.78 is 18.6. The van der Waals surface area contributed by atoms with Gasteiger partial charge in [0.25, 0.3) is 0 Å². The highest BCUT2D eigenvalue weighted by Gasteiger charge is 2.50. The molecule has 1 unspecified atom stereocenters. The second-order valence-corrected chi connectivity index (χ2v) is 12.5. The fraction of sp³-hybridized carbons (Fsp3) is 0.938. The third-order valence-corrected chi connectivity index (χ3v) is 9.32. The molecule has 0 bridgehead atoms. The van der Waals surface area contributed by atoms with E-state index in [0.29, 0.717) is 6.42 Å². The molecule has 1 aliphatic rings. The summed E-state index contributed by atoms with van der Waals surface area (Å²) in [5, 5.41) is 32.7. The second kappa shape index (κ2) is 8.24. The molecule has 1 amide bonds. The lowest BCUT2D eigenvalue weighted by molar-refractivity contribution is -0.251. The number of hydrogen-bond donors (Lipinski definition) is 4. The first-order chi connectivity index (χ1) is 11.4. The minimum absolute atomic E-state index is 0.134. The van der Waals surface area contributed by atoms with Gasteiger partial charge in [0.05, 0.1) is 12.7 Å². The van der Waals surface area contributed by atoms with E-state index >= 15 is 0 Å². The van der Waals surface area contributed by atoms with Gasteiger partial charge in [0, 0.05) is 7.79 Å². The topological polar surface area (TPSA) is 108 Å². The van der Waals surface area contributed by atoms with Crippen molar-refractivity contribution in [1.82, 2.24) is 5.32 Å². The van der Waals surface area contributed by atoms with Crippen LogP contribution >= 0.6 is 0 Å². The second-order valence-electron chi connectivity index (χ2n) is 7.78. The zero-order chi connectivity index (χ0) is 19.4. The highest BCUT2D eigenvalue weighted by atomic mass is 28.4. The Morgan fingerprint density at radius 3 is 2.50 bits per heavy atom. The van der Waals surface area contributed by atoms with Crippen molar-refractivity contribution in [2.45, 2.75) is 89.3 Å². The number of rotatable bonds is 6. The molecule has 0 aromatic carbocycles. The number of nitrogens with one attached hydrogen (secondary N) is 1. The van der Waals surface area contributed by atoms with Crippen LogP contribution in [0.5, 0.6) is 0 Å². The molecule has 1 saturated heterocycles. The molecule has 24 heavy (non-hydrogen) atoms. The molecule has 1 aliphatic heterocycles. The lowest BCUT2D eigenvalue weighted by atomic mass is 9.97. The number of aliphatic hydroxyl groups excluding tert-OH is 3. The van der Waals surface area contributed by atoms with Gasteiger partial charge in [-0.15, -0.1) is 0 Å². The molecular weight excluding hydrogens is 330 g/mol. The van der Waals surface area contributed by atoms with Gasteiger partial charge in [0.1, 0.15) is 18.2 Å². The summed E-state index contributed by atoms with van der Waals surface area (Å²) in [7, 11) is -2.31. The highest BCUT2D eigenvalue weighted by molar-refractivity contribution is 6.74. The lowest BCUT2D eigenvalue weighted by Crippen LogP contribution is -2.67. The van der Waals surface area contributed by atoms with Crippen molar-refractivity contribution in [3.05, 3.63) is 0 Å². The van der Waals surface area contributed by atoms with Crippen LogP contribution in [0.2, 0.25) is 18.1 Å². The number of amides is 1. The summed E-state index contributed by atoms with van der Waals surface area (Å²) in [6.45, 7) is 9.83. The monoisotopic (exact) mass is 364 g/mol. The molecule has 8 heteroatoms. The van der Waals surface area contributed by atoms with Crippen molar-refractivity contribution in [1.29, 1.82) is 0 Å². The van der Waals surface area contributed by atoms with E-state index in [9.17, 15) is 20.1 Å². The molecule has 1 heterocycles. The molecule has 0 saturated carbocycles. The van der Waals surface area contributed by atoms with Gasteiger partial charge < -0.3 is 29.8 Å². The molecule has 0 aromatic rings.